The maximum absolute atomic E-state index is 11.0. The van der Waals surface area contributed by atoms with E-state index >= 15 is 0 Å². The van der Waals surface area contributed by atoms with Crippen LogP contribution in [0.4, 0.5) is 11.4 Å². The van der Waals surface area contributed by atoms with Crippen molar-refractivity contribution in [1.29, 1.82) is 0 Å². The second-order valence-corrected chi connectivity index (χ2v) is 3.87. The van der Waals surface area contributed by atoms with Crippen LogP contribution in [0, 0.1) is 10.1 Å². The number of aliphatic hydroxyl groups is 2. The number of hydrogen-bond acceptors (Lipinski definition) is 7. The number of anilines is 1. The molecule has 0 saturated carbocycles. The van der Waals surface area contributed by atoms with Crippen molar-refractivity contribution in [2.24, 2.45) is 0 Å². The van der Waals surface area contributed by atoms with Crippen molar-refractivity contribution in [1.82, 2.24) is 0 Å². The van der Waals surface area contributed by atoms with E-state index in [1.807, 2.05) is 0 Å². The number of benzene rings is 1. The summed E-state index contributed by atoms with van der Waals surface area (Å²) in [5, 5.41) is 30.3. The molecule has 2 unspecified atom stereocenters. The van der Waals surface area contributed by atoms with Gasteiger partial charge in [0.1, 0.15) is 6.10 Å². The van der Waals surface area contributed by atoms with Gasteiger partial charge >= 0.3 is 5.97 Å². The van der Waals surface area contributed by atoms with Crippen molar-refractivity contribution in [3.05, 3.63) is 33.9 Å². The van der Waals surface area contributed by atoms with Crippen LogP contribution in [-0.2, 0) is 9.53 Å². The van der Waals surface area contributed by atoms with Crippen molar-refractivity contribution in [3.63, 3.8) is 0 Å². The Labute approximate surface area is 108 Å². The number of nitrogens with two attached hydrogens (primary N) is 1. The van der Waals surface area contributed by atoms with Crippen molar-refractivity contribution in [2.45, 2.75) is 18.6 Å². The predicted molar refractivity (Wildman–Crippen MR) is 65.1 cm³/mol. The molecule has 8 nitrogen and oxygen atoms in total. The van der Waals surface area contributed by atoms with E-state index < -0.39 is 35.2 Å². The van der Waals surface area contributed by atoms with Gasteiger partial charge in [-0.15, -0.1) is 0 Å². The summed E-state index contributed by atoms with van der Waals surface area (Å²) in [5.41, 5.74) is 5.04. The Morgan fingerprint density at radius 1 is 1.53 bits per heavy atom. The van der Waals surface area contributed by atoms with Gasteiger partial charge in [-0.25, -0.2) is 0 Å². The van der Waals surface area contributed by atoms with Gasteiger partial charge in [-0.2, -0.15) is 0 Å². The number of nitro groups is 1. The fourth-order valence-electron chi connectivity index (χ4n) is 1.54. The summed E-state index contributed by atoms with van der Waals surface area (Å²) in [6.45, 7) is 0. The molecule has 0 spiro atoms. The van der Waals surface area contributed by atoms with Crippen LogP contribution in [0.1, 0.15) is 18.1 Å². The number of carbonyl (C=O) groups is 1. The standard InChI is InChI=1S/C11H14N2O6/c1-19-10(15)5-9(14)11(16)7-3-2-6(12)4-8(7)13(17)18/h2-4,9,11,14,16H,5,12H2,1H3. The summed E-state index contributed by atoms with van der Waals surface area (Å²) in [4.78, 5) is 21.1. The molecule has 0 aliphatic carbocycles. The highest BCUT2D eigenvalue weighted by molar-refractivity contribution is 5.70. The first-order valence-corrected chi connectivity index (χ1v) is 5.33. The molecule has 0 saturated heterocycles. The number of rotatable bonds is 5. The first-order valence-electron chi connectivity index (χ1n) is 5.33. The van der Waals surface area contributed by atoms with Crippen molar-refractivity contribution >= 4 is 17.3 Å². The van der Waals surface area contributed by atoms with E-state index in [-0.39, 0.29) is 11.3 Å². The molecule has 8 heteroatoms. The summed E-state index contributed by atoms with van der Waals surface area (Å²) in [6.07, 6.45) is -3.56. The second-order valence-electron chi connectivity index (χ2n) is 3.87. The highest BCUT2D eigenvalue weighted by atomic mass is 16.6. The molecule has 2 atom stereocenters. The lowest BCUT2D eigenvalue weighted by atomic mass is 10.00. The quantitative estimate of drug-likeness (QED) is 0.299. The minimum absolute atomic E-state index is 0.115. The average Bonchev–Trinajstić information content (AvgIpc) is 2.37. The maximum atomic E-state index is 11.0. The van der Waals surface area contributed by atoms with Gasteiger partial charge in [-0.3, -0.25) is 14.9 Å². The van der Waals surface area contributed by atoms with Crippen molar-refractivity contribution in [3.8, 4) is 0 Å². The normalized spacial score (nSPS) is 13.6. The number of hydrogen-bond donors (Lipinski definition) is 3. The number of nitrogens with zero attached hydrogens (tertiary/aromatic N) is 1. The summed E-state index contributed by atoms with van der Waals surface area (Å²) in [5.74, 6) is -0.732. The van der Waals surface area contributed by atoms with Gasteiger partial charge in [-0.1, -0.05) is 0 Å². The molecule has 104 valence electrons. The van der Waals surface area contributed by atoms with Gasteiger partial charge in [-0.05, 0) is 12.1 Å². The second kappa shape index (κ2) is 6.12. The third kappa shape index (κ3) is 3.63. The molecule has 0 aromatic heterocycles. The molecule has 19 heavy (non-hydrogen) atoms. The monoisotopic (exact) mass is 270 g/mol. The van der Waals surface area contributed by atoms with E-state index in [4.69, 9.17) is 5.73 Å². The summed E-state index contributed by atoms with van der Waals surface area (Å²) >= 11 is 0. The van der Waals surface area contributed by atoms with Gasteiger partial charge in [0, 0.05) is 11.8 Å². The number of carbonyl (C=O) groups excluding carboxylic acids is 1. The Bertz CT molecular complexity index is 490. The van der Waals surface area contributed by atoms with Crippen LogP contribution < -0.4 is 5.73 Å². The lowest BCUT2D eigenvalue weighted by Gasteiger charge is -2.17. The third-order valence-corrected chi connectivity index (χ3v) is 2.54. The molecule has 0 fully saturated rings. The Morgan fingerprint density at radius 2 is 2.16 bits per heavy atom. The van der Waals surface area contributed by atoms with Crippen LogP contribution in [0.15, 0.2) is 18.2 Å². The van der Waals surface area contributed by atoms with Crippen LogP contribution in [0.5, 0.6) is 0 Å². The number of methoxy groups -OCH3 is 1. The largest absolute Gasteiger partial charge is 0.469 e. The van der Waals surface area contributed by atoms with Crippen LogP contribution in [0.25, 0.3) is 0 Å². The third-order valence-electron chi connectivity index (χ3n) is 2.54. The molecule has 0 radical (unpaired) electrons. The first kappa shape index (κ1) is 14.9. The Morgan fingerprint density at radius 3 is 2.68 bits per heavy atom. The highest BCUT2D eigenvalue weighted by Gasteiger charge is 2.28. The van der Waals surface area contributed by atoms with Gasteiger partial charge in [0.25, 0.3) is 5.69 Å². The molecular formula is C11H14N2O6. The summed E-state index contributed by atoms with van der Waals surface area (Å²) < 4.78 is 4.34. The average molecular weight is 270 g/mol. The SMILES string of the molecule is COC(=O)CC(O)C(O)c1ccc(N)cc1[N+](=O)[O-]. The van der Waals surface area contributed by atoms with Crippen LogP contribution in [-0.4, -0.2) is 34.3 Å². The molecule has 4 N–H and O–H groups in total. The number of nitrogen functional groups attached to an aromatic ring is 1. The molecule has 1 aromatic carbocycles. The van der Waals surface area contributed by atoms with Crippen molar-refractivity contribution in [2.75, 3.05) is 12.8 Å². The minimum atomic E-state index is -1.58. The minimum Gasteiger partial charge on any atom is -0.469 e. The van der Waals surface area contributed by atoms with Crippen LogP contribution in [0.2, 0.25) is 0 Å². The van der Waals surface area contributed by atoms with E-state index in [2.05, 4.69) is 4.74 Å². The number of ether oxygens (including phenoxy) is 1. The van der Waals surface area contributed by atoms with Crippen molar-refractivity contribution < 1.29 is 24.7 Å². The summed E-state index contributed by atoms with van der Waals surface area (Å²) in [6, 6.07) is 3.67. The predicted octanol–water partition coefficient (Wildman–Crippen LogP) is 0.134. The Kier molecular flexibility index (Phi) is 4.79. The zero-order valence-corrected chi connectivity index (χ0v) is 10.1. The summed E-state index contributed by atoms with van der Waals surface area (Å²) in [7, 11) is 1.13. The number of nitro benzene ring substituents is 1. The Hall–Kier alpha value is -2.19. The van der Waals surface area contributed by atoms with Crippen LogP contribution in [0.3, 0.4) is 0 Å². The van der Waals surface area contributed by atoms with E-state index in [1.54, 1.807) is 0 Å². The molecule has 1 aromatic rings. The molecule has 0 heterocycles. The number of esters is 1. The van der Waals surface area contributed by atoms with Gasteiger partial charge in [0.2, 0.25) is 0 Å². The van der Waals surface area contributed by atoms with E-state index in [1.165, 1.54) is 12.1 Å². The molecule has 0 bridgehead atoms. The molecule has 1 rings (SSSR count). The van der Waals surface area contributed by atoms with E-state index in [0.29, 0.717) is 0 Å². The fraction of sp³-hybridized carbons (Fsp3) is 0.364. The van der Waals surface area contributed by atoms with E-state index in [9.17, 15) is 25.1 Å². The van der Waals surface area contributed by atoms with Crippen LogP contribution >= 0.6 is 0 Å². The molecule has 0 amide bonds. The van der Waals surface area contributed by atoms with Gasteiger partial charge in [0.15, 0.2) is 0 Å². The maximum Gasteiger partial charge on any atom is 0.308 e. The van der Waals surface area contributed by atoms with E-state index in [0.717, 1.165) is 13.2 Å². The molecule has 0 aliphatic rings. The smallest absolute Gasteiger partial charge is 0.308 e. The fourth-order valence-corrected chi connectivity index (χ4v) is 1.54. The zero-order chi connectivity index (χ0) is 14.6. The molecular weight excluding hydrogens is 256 g/mol. The molecule has 0 aliphatic heterocycles. The zero-order valence-electron chi connectivity index (χ0n) is 10.1. The topological polar surface area (TPSA) is 136 Å². The van der Waals surface area contributed by atoms with Gasteiger partial charge in [0.05, 0.1) is 30.1 Å². The number of aliphatic hydroxyl groups excluding tert-OH is 2. The lowest BCUT2D eigenvalue weighted by Crippen LogP contribution is -2.23. The highest BCUT2D eigenvalue weighted by Crippen LogP contribution is 2.30. The first-order chi connectivity index (χ1) is 8.86. The lowest BCUT2D eigenvalue weighted by molar-refractivity contribution is -0.386. The van der Waals surface area contributed by atoms with Gasteiger partial charge < -0.3 is 20.7 Å². The Balaban J connectivity index is 3.01.